The molecule has 0 saturated carbocycles. The standard InChI is InChI=1S/C19H30O3S/c1-17(2,3)12-19(9-10-23,16(21)22)13-7-8-15(20)14(11-13)18(4,5)6/h7-8,11,20,23H,9-10,12H2,1-6H3,(H,21,22). The number of carboxylic acids is 1. The second-order valence-corrected chi connectivity index (χ2v) is 9.03. The Morgan fingerprint density at radius 3 is 2.09 bits per heavy atom. The Morgan fingerprint density at radius 1 is 1.13 bits per heavy atom. The number of hydrogen-bond donors (Lipinski definition) is 3. The molecule has 0 aliphatic carbocycles. The maximum atomic E-state index is 12.2. The van der Waals surface area contributed by atoms with Crippen molar-refractivity contribution in [3.05, 3.63) is 29.3 Å². The van der Waals surface area contributed by atoms with Crippen LogP contribution in [0.5, 0.6) is 5.75 Å². The summed E-state index contributed by atoms with van der Waals surface area (Å²) in [5, 5.41) is 20.2. The van der Waals surface area contributed by atoms with Crippen LogP contribution in [-0.4, -0.2) is 21.9 Å². The number of aromatic hydroxyl groups is 1. The summed E-state index contributed by atoms with van der Waals surface area (Å²) in [6.07, 6.45) is 0.974. The van der Waals surface area contributed by atoms with Crippen molar-refractivity contribution in [3.8, 4) is 5.75 Å². The van der Waals surface area contributed by atoms with E-state index in [-0.39, 0.29) is 16.6 Å². The molecule has 0 fully saturated rings. The Hall–Kier alpha value is -1.16. The Labute approximate surface area is 145 Å². The summed E-state index contributed by atoms with van der Waals surface area (Å²) in [7, 11) is 0. The van der Waals surface area contributed by atoms with Gasteiger partial charge in [-0.05, 0) is 46.6 Å². The number of phenolic OH excluding ortho intramolecular Hbond substituents is 1. The van der Waals surface area contributed by atoms with Crippen molar-refractivity contribution in [1.29, 1.82) is 0 Å². The van der Waals surface area contributed by atoms with Gasteiger partial charge in [-0.1, -0.05) is 53.7 Å². The molecule has 3 nitrogen and oxygen atoms in total. The van der Waals surface area contributed by atoms with Crippen LogP contribution in [0.3, 0.4) is 0 Å². The van der Waals surface area contributed by atoms with Crippen molar-refractivity contribution in [2.45, 2.75) is 65.2 Å². The van der Waals surface area contributed by atoms with E-state index in [4.69, 9.17) is 0 Å². The van der Waals surface area contributed by atoms with Crippen LogP contribution in [0.25, 0.3) is 0 Å². The number of aliphatic carboxylic acids is 1. The molecule has 0 radical (unpaired) electrons. The van der Waals surface area contributed by atoms with Crippen molar-refractivity contribution in [1.82, 2.24) is 0 Å². The third-order valence-electron chi connectivity index (χ3n) is 4.14. The first-order valence-electron chi connectivity index (χ1n) is 8.02. The summed E-state index contributed by atoms with van der Waals surface area (Å²) in [5.74, 6) is -0.122. The fourth-order valence-corrected chi connectivity index (χ4v) is 3.55. The van der Waals surface area contributed by atoms with Gasteiger partial charge in [-0.15, -0.1) is 0 Å². The molecule has 1 atom stereocenters. The van der Waals surface area contributed by atoms with Crippen molar-refractivity contribution >= 4 is 18.6 Å². The lowest BCUT2D eigenvalue weighted by Gasteiger charge is -2.36. The highest BCUT2D eigenvalue weighted by Gasteiger charge is 2.43. The van der Waals surface area contributed by atoms with Gasteiger partial charge in [0.25, 0.3) is 0 Å². The van der Waals surface area contributed by atoms with Crippen molar-refractivity contribution in [3.63, 3.8) is 0 Å². The van der Waals surface area contributed by atoms with Gasteiger partial charge in [-0.25, -0.2) is 0 Å². The number of benzene rings is 1. The van der Waals surface area contributed by atoms with Crippen LogP contribution >= 0.6 is 12.6 Å². The lowest BCUT2D eigenvalue weighted by atomic mass is 9.67. The summed E-state index contributed by atoms with van der Waals surface area (Å²) >= 11 is 4.30. The second-order valence-electron chi connectivity index (χ2n) is 8.58. The van der Waals surface area contributed by atoms with E-state index in [1.807, 2.05) is 47.6 Å². The van der Waals surface area contributed by atoms with Crippen LogP contribution in [0.1, 0.15) is 65.5 Å². The molecular weight excluding hydrogens is 308 g/mol. The molecule has 0 aromatic heterocycles. The van der Waals surface area contributed by atoms with Crippen molar-refractivity contribution in [2.24, 2.45) is 5.41 Å². The Kier molecular flexibility index (Phi) is 5.84. The van der Waals surface area contributed by atoms with Crippen LogP contribution in [0.2, 0.25) is 0 Å². The van der Waals surface area contributed by atoms with Crippen LogP contribution in [0.4, 0.5) is 0 Å². The molecule has 23 heavy (non-hydrogen) atoms. The van der Waals surface area contributed by atoms with E-state index in [0.717, 1.165) is 11.1 Å². The minimum absolute atomic E-state index is 0.138. The lowest BCUT2D eigenvalue weighted by Crippen LogP contribution is -2.40. The zero-order valence-corrected chi connectivity index (χ0v) is 16.0. The molecule has 0 saturated heterocycles. The van der Waals surface area contributed by atoms with Crippen LogP contribution in [-0.2, 0) is 15.6 Å². The molecule has 0 spiro atoms. The van der Waals surface area contributed by atoms with E-state index in [9.17, 15) is 15.0 Å². The largest absolute Gasteiger partial charge is 0.508 e. The minimum atomic E-state index is -0.992. The van der Waals surface area contributed by atoms with Crippen LogP contribution < -0.4 is 0 Å². The second kappa shape index (κ2) is 6.76. The SMILES string of the molecule is CC(C)(C)CC(CCS)(C(=O)O)c1ccc(O)c(C(C)(C)C)c1. The van der Waals surface area contributed by atoms with Gasteiger partial charge in [0.2, 0.25) is 0 Å². The molecule has 130 valence electrons. The number of hydrogen-bond acceptors (Lipinski definition) is 3. The molecule has 2 N–H and O–H groups in total. The highest BCUT2D eigenvalue weighted by Crippen LogP contribution is 2.43. The Bertz CT molecular complexity index is 567. The third-order valence-corrected chi connectivity index (χ3v) is 4.36. The first-order valence-corrected chi connectivity index (χ1v) is 8.65. The third kappa shape index (κ3) is 4.66. The Morgan fingerprint density at radius 2 is 1.70 bits per heavy atom. The zero-order chi connectivity index (χ0) is 18.1. The topological polar surface area (TPSA) is 57.5 Å². The molecule has 1 aromatic carbocycles. The molecule has 1 aromatic rings. The molecule has 1 rings (SSSR count). The monoisotopic (exact) mass is 338 g/mol. The quantitative estimate of drug-likeness (QED) is 0.678. The summed E-state index contributed by atoms with van der Waals surface area (Å²) < 4.78 is 0. The first kappa shape index (κ1) is 19.9. The maximum absolute atomic E-state index is 12.2. The Balaban J connectivity index is 3.57. The van der Waals surface area contributed by atoms with E-state index < -0.39 is 11.4 Å². The minimum Gasteiger partial charge on any atom is -0.508 e. The fourth-order valence-electron chi connectivity index (χ4n) is 3.17. The smallest absolute Gasteiger partial charge is 0.314 e. The zero-order valence-electron chi connectivity index (χ0n) is 15.1. The summed E-state index contributed by atoms with van der Waals surface area (Å²) in [4.78, 5) is 12.2. The number of carbonyl (C=O) groups is 1. The average molecular weight is 339 g/mol. The predicted molar refractivity (Wildman–Crippen MR) is 98.7 cm³/mol. The maximum Gasteiger partial charge on any atom is 0.314 e. The van der Waals surface area contributed by atoms with Gasteiger partial charge in [0.15, 0.2) is 0 Å². The van der Waals surface area contributed by atoms with Gasteiger partial charge in [-0.3, -0.25) is 4.79 Å². The molecular formula is C19H30O3S. The first-order chi connectivity index (χ1) is 10.3. The molecule has 0 heterocycles. The van der Waals surface area contributed by atoms with Gasteiger partial charge >= 0.3 is 5.97 Å². The van der Waals surface area contributed by atoms with Crippen molar-refractivity contribution < 1.29 is 15.0 Å². The van der Waals surface area contributed by atoms with Gasteiger partial charge in [0.05, 0.1) is 5.41 Å². The summed E-state index contributed by atoms with van der Waals surface area (Å²) in [5.41, 5.74) is 0.132. The molecule has 0 bridgehead atoms. The van der Waals surface area contributed by atoms with Crippen molar-refractivity contribution in [2.75, 3.05) is 5.75 Å². The summed E-state index contributed by atoms with van der Waals surface area (Å²) in [6.45, 7) is 12.2. The average Bonchev–Trinajstić information content (AvgIpc) is 2.35. The van der Waals surface area contributed by atoms with Crippen LogP contribution in [0.15, 0.2) is 18.2 Å². The van der Waals surface area contributed by atoms with Gasteiger partial charge in [0, 0.05) is 0 Å². The number of thiol groups is 1. The van der Waals surface area contributed by atoms with Crippen LogP contribution in [0, 0.1) is 5.41 Å². The molecule has 0 amide bonds. The number of phenols is 1. The number of rotatable bonds is 5. The molecule has 0 aliphatic heterocycles. The van der Waals surface area contributed by atoms with Gasteiger partial charge < -0.3 is 10.2 Å². The van der Waals surface area contributed by atoms with E-state index >= 15 is 0 Å². The van der Waals surface area contributed by atoms with E-state index in [1.54, 1.807) is 12.1 Å². The van der Waals surface area contributed by atoms with Gasteiger partial charge in [0.1, 0.15) is 5.75 Å². The summed E-state index contributed by atoms with van der Waals surface area (Å²) in [6, 6.07) is 5.22. The molecule has 4 heteroatoms. The van der Waals surface area contributed by atoms with E-state index in [1.165, 1.54) is 0 Å². The predicted octanol–water partition coefficient (Wildman–Crippen LogP) is 4.77. The fraction of sp³-hybridized carbons (Fsp3) is 0.632. The highest BCUT2D eigenvalue weighted by molar-refractivity contribution is 7.80. The van der Waals surface area contributed by atoms with E-state index in [0.29, 0.717) is 18.6 Å². The van der Waals surface area contributed by atoms with E-state index in [2.05, 4.69) is 12.6 Å². The molecule has 1 unspecified atom stereocenters. The lowest BCUT2D eigenvalue weighted by molar-refractivity contribution is -0.145. The highest BCUT2D eigenvalue weighted by atomic mass is 32.1. The normalized spacial score (nSPS) is 15.3. The molecule has 0 aliphatic rings. The number of carboxylic acid groups (broad SMARTS) is 1. The van der Waals surface area contributed by atoms with Gasteiger partial charge in [-0.2, -0.15) is 12.6 Å².